The van der Waals surface area contributed by atoms with Gasteiger partial charge >= 0.3 is 0 Å². The minimum atomic E-state index is 0.740. The first kappa shape index (κ1) is 46.5. The van der Waals surface area contributed by atoms with Crippen molar-refractivity contribution in [2.75, 3.05) is 0 Å². The van der Waals surface area contributed by atoms with Gasteiger partial charge < -0.3 is 18.3 Å². The molecule has 0 saturated heterocycles. The Morgan fingerprint density at radius 2 is 0.614 bits per heavy atom. The van der Waals surface area contributed by atoms with E-state index in [1.165, 1.54) is 0 Å². The van der Waals surface area contributed by atoms with Crippen LogP contribution in [0.2, 0.25) is 0 Å². The number of nitrogens with zero attached hydrogens (tertiary/aromatic N) is 10. The van der Waals surface area contributed by atoms with E-state index in [2.05, 4.69) is 238 Å². The van der Waals surface area contributed by atoms with E-state index >= 15 is 0 Å². The van der Waals surface area contributed by atoms with Gasteiger partial charge in [-0.3, -0.25) is 24.9 Å². The van der Waals surface area contributed by atoms with Gasteiger partial charge in [-0.1, -0.05) is 140 Å². The van der Waals surface area contributed by atoms with Crippen LogP contribution in [0.25, 0.3) is 155 Å². The molecule has 388 valence electrons. The molecule has 0 bridgehead atoms. The Morgan fingerprint density at radius 3 is 1.06 bits per heavy atom. The van der Waals surface area contributed by atoms with Crippen LogP contribution in [0.15, 0.2) is 262 Å². The lowest BCUT2D eigenvalue weighted by Gasteiger charge is -2.31. The molecule has 83 heavy (non-hydrogen) atoms. The lowest BCUT2D eigenvalue weighted by molar-refractivity contribution is 1.03. The van der Waals surface area contributed by atoms with Crippen molar-refractivity contribution in [3.63, 3.8) is 0 Å². The zero-order valence-corrected chi connectivity index (χ0v) is 44.8. The van der Waals surface area contributed by atoms with E-state index in [1.54, 1.807) is 0 Å². The third-order valence-corrected chi connectivity index (χ3v) is 16.6. The minimum Gasteiger partial charge on any atom is -0.306 e. The highest BCUT2D eigenvalue weighted by atomic mass is 15.1. The van der Waals surface area contributed by atoms with E-state index in [-0.39, 0.29) is 0 Å². The molecule has 0 atom stereocenters. The Balaban J connectivity index is 1.26. The van der Waals surface area contributed by atoms with Crippen molar-refractivity contribution >= 4 is 87.2 Å². The Bertz CT molecular complexity index is 5210. The molecule has 7 aromatic carbocycles. The van der Waals surface area contributed by atoms with Gasteiger partial charge in [0.1, 0.15) is 0 Å². The zero-order chi connectivity index (χ0) is 54.7. The molecule has 0 spiro atoms. The van der Waals surface area contributed by atoms with Crippen LogP contribution in [0.5, 0.6) is 0 Å². The van der Waals surface area contributed by atoms with Gasteiger partial charge in [0, 0.05) is 79.1 Å². The maximum atomic E-state index is 6.04. The van der Waals surface area contributed by atoms with Crippen LogP contribution in [0.4, 0.5) is 0 Å². The third-order valence-electron chi connectivity index (χ3n) is 16.6. The lowest BCUT2D eigenvalue weighted by atomic mass is 9.91. The second-order valence-corrected chi connectivity index (χ2v) is 21.1. The first-order valence-corrected chi connectivity index (χ1v) is 27.8. The molecule has 10 heteroatoms. The first-order valence-electron chi connectivity index (χ1n) is 27.8. The molecule has 0 unspecified atom stereocenters. The molecule has 10 aromatic heterocycles. The van der Waals surface area contributed by atoms with E-state index < -0.39 is 0 Å². The van der Waals surface area contributed by atoms with Gasteiger partial charge in [0.25, 0.3) is 0 Å². The maximum Gasteiger partial charge on any atom is 0.0963 e. The van der Waals surface area contributed by atoms with Crippen molar-refractivity contribution in [3.05, 3.63) is 268 Å². The molecule has 0 aliphatic rings. The van der Waals surface area contributed by atoms with Crippen molar-refractivity contribution in [2.24, 2.45) is 0 Å². The number of hydrogen-bond acceptors (Lipinski definition) is 6. The zero-order valence-electron chi connectivity index (χ0n) is 44.8. The lowest BCUT2D eigenvalue weighted by Crippen LogP contribution is -2.17. The smallest absolute Gasteiger partial charge is 0.0963 e. The largest absolute Gasteiger partial charge is 0.306 e. The number of hydrogen-bond donors (Lipinski definition) is 0. The molecule has 0 saturated carbocycles. The molecule has 0 N–H and O–H groups in total. The molecule has 10 heterocycles. The highest BCUT2D eigenvalue weighted by Gasteiger charge is 2.37. The molecule has 0 aliphatic heterocycles. The number of aryl methyl sites for hydroxylation is 1. The van der Waals surface area contributed by atoms with Gasteiger partial charge in [-0.15, -0.1) is 0 Å². The van der Waals surface area contributed by atoms with Gasteiger partial charge in [-0.2, -0.15) is 0 Å². The number of rotatable bonds is 8. The molecule has 0 amide bonds. The van der Waals surface area contributed by atoms with E-state index in [0.29, 0.717) is 0 Å². The van der Waals surface area contributed by atoms with Crippen LogP contribution < -0.4 is 0 Å². The molecular formula is C73H46N10. The minimum absolute atomic E-state index is 0.740. The SMILES string of the molecule is Cc1cccc(-c2c(-n3c4ccccc4c4ccncc43)c(-c3cc(-c4ccccc4)cc(-c4ccccc4)n3)c(-n3c4ccccc4c4ccncc43)c(-n3c4ccccc4c4ccncc43)c2-n2c3ccccc3c3ccncc32)n1. The van der Waals surface area contributed by atoms with E-state index in [0.717, 1.165) is 161 Å². The van der Waals surface area contributed by atoms with Crippen LogP contribution in [-0.2, 0) is 0 Å². The number of para-hydroxylation sites is 4. The summed E-state index contributed by atoms with van der Waals surface area (Å²) in [5, 5.41) is 8.57. The number of pyridine rings is 6. The summed E-state index contributed by atoms with van der Waals surface area (Å²) in [5.41, 5.74) is 19.1. The second kappa shape index (κ2) is 18.3. The average Bonchev–Trinajstić information content (AvgIpc) is 2.38. The van der Waals surface area contributed by atoms with Gasteiger partial charge in [0.15, 0.2) is 0 Å². The Kier molecular flexibility index (Phi) is 10.3. The van der Waals surface area contributed by atoms with Crippen molar-refractivity contribution in [1.82, 2.24) is 48.2 Å². The summed E-state index contributed by atoms with van der Waals surface area (Å²) in [6, 6.07) is 75.5. The van der Waals surface area contributed by atoms with E-state index in [9.17, 15) is 0 Å². The molecule has 10 nitrogen and oxygen atoms in total. The summed E-state index contributed by atoms with van der Waals surface area (Å²) in [4.78, 5) is 31.6. The summed E-state index contributed by atoms with van der Waals surface area (Å²) in [6.45, 7) is 2.08. The highest BCUT2D eigenvalue weighted by molar-refractivity contribution is 6.18. The summed E-state index contributed by atoms with van der Waals surface area (Å²) < 4.78 is 9.79. The van der Waals surface area contributed by atoms with Crippen molar-refractivity contribution < 1.29 is 0 Å². The van der Waals surface area contributed by atoms with Gasteiger partial charge in [-0.25, -0.2) is 4.98 Å². The summed E-state index contributed by atoms with van der Waals surface area (Å²) in [6.07, 6.45) is 15.6. The molecule has 0 aliphatic carbocycles. The topological polar surface area (TPSA) is 97.1 Å². The van der Waals surface area contributed by atoms with Crippen LogP contribution >= 0.6 is 0 Å². The number of fused-ring (bicyclic) bond motifs is 12. The third kappa shape index (κ3) is 6.96. The quantitative estimate of drug-likeness (QED) is 0.150. The molecule has 17 aromatic rings. The Hall–Kier alpha value is -11.4. The van der Waals surface area contributed by atoms with Crippen molar-refractivity contribution in [3.8, 4) is 67.6 Å². The number of benzene rings is 7. The van der Waals surface area contributed by atoms with E-state index in [1.807, 2.05) is 49.6 Å². The fraction of sp³-hybridized carbons (Fsp3) is 0.0137. The number of aromatic nitrogens is 10. The predicted molar refractivity (Wildman–Crippen MR) is 337 cm³/mol. The van der Waals surface area contributed by atoms with Crippen molar-refractivity contribution in [2.45, 2.75) is 6.92 Å². The van der Waals surface area contributed by atoms with Crippen LogP contribution in [0, 0.1) is 6.92 Å². The Morgan fingerprint density at radius 1 is 0.253 bits per heavy atom. The van der Waals surface area contributed by atoms with Gasteiger partial charge in [0.2, 0.25) is 0 Å². The molecule has 0 fully saturated rings. The standard InChI is InChI=1S/C73H46N10/c1-45-17-16-26-57(78-45)68-70(80-60-27-12-8-22-49(60)53-31-35-74-41-64(53)80)69(59-40-48(46-18-4-2-5-19-46)39-58(79-59)47-20-6-3-7-21-47)72(82-62-29-14-10-24-51(62)55-33-37-76-43-66(55)82)73(83-63-30-15-11-25-52(63)56-34-38-77-44-67(56)83)71(68)81-61-28-13-9-23-50(61)54-32-36-75-42-65(54)81/h2-44H,1H3. The fourth-order valence-electron chi connectivity index (χ4n) is 13.2. The molecule has 0 radical (unpaired) electrons. The van der Waals surface area contributed by atoms with Crippen LogP contribution in [0.1, 0.15) is 5.69 Å². The Labute approximate surface area is 475 Å². The summed E-state index contributed by atoms with van der Waals surface area (Å²) in [5.74, 6) is 0. The molecule has 17 rings (SSSR count). The summed E-state index contributed by atoms with van der Waals surface area (Å²) in [7, 11) is 0. The van der Waals surface area contributed by atoms with Crippen molar-refractivity contribution in [1.29, 1.82) is 0 Å². The first-order chi connectivity index (χ1) is 41.2. The molecular weight excluding hydrogens is 1020 g/mol. The average molecular weight is 1060 g/mol. The maximum absolute atomic E-state index is 6.04. The van der Waals surface area contributed by atoms with Crippen LogP contribution in [-0.4, -0.2) is 48.2 Å². The second-order valence-electron chi connectivity index (χ2n) is 21.1. The fourth-order valence-corrected chi connectivity index (χ4v) is 13.2. The summed E-state index contributed by atoms with van der Waals surface area (Å²) >= 11 is 0. The highest BCUT2D eigenvalue weighted by Crippen LogP contribution is 2.54. The van der Waals surface area contributed by atoms with Gasteiger partial charge in [-0.05, 0) is 90.8 Å². The predicted octanol–water partition coefficient (Wildman–Crippen LogP) is 17.4. The monoisotopic (exact) mass is 1060 g/mol. The van der Waals surface area contributed by atoms with E-state index in [4.69, 9.17) is 29.9 Å². The normalized spacial score (nSPS) is 11.9. The van der Waals surface area contributed by atoms with Gasteiger partial charge in [0.05, 0.1) is 120 Å². The van der Waals surface area contributed by atoms with Crippen LogP contribution in [0.3, 0.4) is 0 Å².